The van der Waals surface area contributed by atoms with E-state index in [2.05, 4.69) is 44.6 Å². The average molecular weight is 331 g/mol. The molecule has 0 spiro atoms. The number of fused-ring (bicyclic) bond motifs is 1. The van der Waals surface area contributed by atoms with Crippen LogP contribution < -0.4 is 5.32 Å². The zero-order chi connectivity index (χ0) is 15.8. The van der Waals surface area contributed by atoms with E-state index in [0.717, 1.165) is 41.2 Å². The zero-order valence-corrected chi connectivity index (χ0v) is 13.7. The van der Waals surface area contributed by atoms with E-state index >= 15 is 0 Å². The molecular formula is C14H17N7OS. The first-order valence-corrected chi connectivity index (χ1v) is 8.45. The summed E-state index contributed by atoms with van der Waals surface area (Å²) < 4.78 is 6.85. The minimum atomic E-state index is 0.280. The molecule has 3 aromatic rings. The van der Waals surface area contributed by atoms with Crippen LogP contribution in [0.5, 0.6) is 0 Å². The predicted octanol–water partition coefficient (Wildman–Crippen LogP) is 2.33. The van der Waals surface area contributed by atoms with Gasteiger partial charge in [-0.15, -0.1) is 10.2 Å². The Balaban J connectivity index is 1.46. The first-order chi connectivity index (χ1) is 11.2. The van der Waals surface area contributed by atoms with Crippen LogP contribution in [0.3, 0.4) is 0 Å². The van der Waals surface area contributed by atoms with E-state index < -0.39 is 0 Å². The molecule has 1 unspecified atom stereocenters. The molecule has 1 aliphatic heterocycles. The molecule has 3 aromatic heterocycles. The molecule has 23 heavy (non-hydrogen) atoms. The number of anilines is 1. The standard InChI is InChI=1S/C14H17N7OS/c1-8(2)12-16-11-4-3-9(7-21(11)19-12)15-14-18-17-13(23-14)10-5-6-22-20-10/h5-6,8-9H,3-4,7H2,1-2H3,(H,15,18). The highest BCUT2D eigenvalue weighted by molar-refractivity contribution is 7.18. The average Bonchev–Trinajstić information content (AvgIpc) is 3.26. The van der Waals surface area contributed by atoms with Crippen LogP contribution in [-0.2, 0) is 13.0 Å². The Labute approximate surface area is 136 Å². The fourth-order valence-electron chi connectivity index (χ4n) is 2.57. The van der Waals surface area contributed by atoms with Gasteiger partial charge in [0.05, 0.1) is 6.54 Å². The molecule has 4 heterocycles. The highest BCUT2D eigenvalue weighted by atomic mass is 32.1. The predicted molar refractivity (Wildman–Crippen MR) is 85.2 cm³/mol. The molecule has 8 nitrogen and oxygen atoms in total. The van der Waals surface area contributed by atoms with Crippen LogP contribution in [0.4, 0.5) is 5.13 Å². The van der Waals surface area contributed by atoms with E-state index in [1.165, 1.54) is 17.6 Å². The summed E-state index contributed by atoms with van der Waals surface area (Å²) in [5.41, 5.74) is 0.708. The van der Waals surface area contributed by atoms with Crippen LogP contribution in [0, 0.1) is 0 Å². The third kappa shape index (κ3) is 2.83. The summed E-state index contributed by atoms with van der Waals surface area (Å²) in [6.45, 7) is 5.03. The van der Waals surface area contributed by atoms with Gasteiger partial charge >= 0.3 is 0 Å². The van der Waals surface area contributed by atoms with Gasteiger partial charge < -0.3 is 9.84 Å². The lowest BCUT2D eigenvalue weighted by atomic mass is 10.1. The first kappa shape index (κ1) is 14.3. The van der Waals surface area contributed by atoms with Crippen molar-refractivity contribution in [1.29, 1.82) is 0 Å². The van der Waals surface area contributed by atoms with Crippen molar-refractivity contribution in [3.05, 3.63) is 24.0 Å². The van der Waals surface area contributed by atoms with Crippen molar-refractivity contribution in [2.24, 2.45) is 0 Å². The number of rotatable bonds is 4. The Hall–Kier alpha value is -2.29. The van der Waals surface area contributed by atoms with Crippen molar-refractivity contribution < 1.29 is 4.52 Å². The van der Waals surface area contributed by atoms with Gasteiger partial charge in [0.1, 0.15) is 17.8 Å². The van der Waals surface area contributed by atoms with Crippen molar-refractivity contribution in [1.82, 2.24) is 30.1 Å². The van der Waals surface area contributed by atoms with Crippen molar-refractivity contribution in [3.8, 4) is 10.7 Å². The van der Waals surface area contributed by atoms with Gasteiger partial charge in [-0.25, -0.2) is 9.67 Å². The van der Waals surface area contributed by atoms with E-state index in [1.54, 1.807) is 6.07 Å². The van der Waals surface area contributed by atoms with Crippen molar-refractivity contribution in [3.63, 3.8) is 0 Å². The normalized spacial score (nSPS) is 17.4. The topological polar surface area (TPSA) is 94.6 Å². The van der Waals surface area contributed by atoms with Gasteiger partial charge in [-0.05, 0) is 6.42 Å². The van der Waals surface area contributed by atoms with Crippen molar-refractivity contribution in [2.75, 3.05) is 5.32 Å². The monoisotopic (exact) mass is 331 g/mol. The maximum Gasteiger partial charge on any atom is 0.206 e. The molecule has 4 rings (SSSR count). The lowest BCUT2D eigenvalue weighted by Crippen LogP contribution is -2.31. The molecule has 0 aliphatic carbocycles. The van der Waals surface area contributed by atoms with Gasteiger partial charge in [-0.1, -0.05) is 30.3 Å². The summed E-state index contributed by atoms with van der Waals surface area (Å²) in [6.07, 6.45) is 3.46. The minimum Gasteiger partial charge on any atom is -0.364 e. The smallest absolute Gasteiger partial charge is 0.206 e. The number of aromatic nitrogens is 6. The quantitative estimate of drug-likeness (QED) is 0.784. The summed E-state index contributed by atoms with van der Waals surface area (Å²) in [5, 5.41) is 21.8. The molecule has 0 amide bonds. The molecule has 0 aromatic carbocycles. The van der Waals surface area contributed by atoms with Crippen LogP contribution in [0.15, 0.2) is 16.9 Å². The number of hydrogen-bond acceptors (Lipinski definition) is 8. The lowest BCUT2D eigenvalue weighted by Gasteiger charge is -2.22. The number of nitrogens with zero attached hydrogens (tertiary/aromatic N) is 6. The molecular weight excluding hydrogens is 314 g/mol. The summed E-state index contributed by atoms with van der Waals surface area (Å²) >= 11 is 1.47. The first-order valence-electron chi connectivity index (χ1n) is 7.63. The molecule has 1 N–H and O–H groups in total. The second-order valence-electron chi connectivity index (χ2n) is 5.90. The Morgan fingerprint density at radius 3 is 3.09 bits per heavy atom. The second-order valence-corrected chi connectivity index (χ2v) is 6.88. The van der Waals surface area contributed by atoms with Crippen LogP contribution in [-0.4, -0.2) is 36.2 Å². The summed E-state index contributed by atoms with van der Waals surface area (Å²) in [7, 11) is 0. The van der Waals surface area contributed by atoms with E-state index in [0.29, 0.717) is 11.6 Å². The largest absolute Gasteiger partial charge is 0.364 e. The molecule has 9 heteroatoms. The SMILES string of the molecule is CC(C)c1nc2n(n1)CC(Nc1nnc(-c3ccon3)s1)CC2. The van der Waals surface area contributed by atoms with Crippen LogP contribution in [0.1, 0.15) is 37.8 Å². The molecule has 1 atom stereocenters. The van der Waals surface area contributed by atoms with Gasteiger partial charge in [-0.3, -0.25) is 0 Å². The Morgan fingerprint density at radius 2 is 2.30 bits per heavy atom. The second kappa shape index (κ2) is 5.73. The van der Waals surface area contributed by atoms with Gasteiger partial charge in [-0.2, -0.15) is 5.10 Å². The molecule has 0 bridgehead atoms. The third-order valence-electron chi connectivity index (χ3n) is 3.80. The van der Waals surface area contributed by atoms with Crippen molar-refractivity contribution in [2.45, 2.75) is 45.2 Å². The highest BCUT2D eigenvalue weighted by Crippen LogP contribution is 2.26. The van der Waals surface area contributed by atoms with Gasteiger partial charge in [0.2, 0.25) is 5.13 Å². The third-order valence-corrected chi connectivity index (χ3v) is 4.68. The summed E-state index contributed by atoms with van der Waals surface area (Å²) in [4.78, 5) is 4.61. The van der Waals surface area contributed by atoms with E-state index in [1.807, 2.05) is 4.68 Å². The molecule has 0 saturated heterocycles. The summed E-state index contributed by atoms with van der Waals surface area (Å²) in [5.74, 6) is 2.35. The number of nitrogens with one attached hydrogen (secondary N) is 1. The summed E-state index contributed by atoms with van der Waals surface area (Å²) in [6, 6.07) is 2.06. The fourth-order valence-corrected chi connectivity index (χ4v) is 3.36. The molecule has 1 aliphatic rings. The van der Waals surface area contributed by atoms with Crippen LogP contribution >= 0.6 is 11.3 Å². The van der Waals surface area contributed by atoms with Crippen molar-refractivity contribution >= 4 is 16.5 Å². The van der Waals surface area contributed by atoms with Gasteiger partial charge in [0.25, 0.3) is 0 Å². The maximum atomic E-state index is 4.84. The molecule has 0 saturated carbocycles. The zero-order valence-electron chi connectivity index (χ0n) is 12.9. The van der Waals surface area contributed by atoms with Gasteiger partial charge in [0, 0.05) is 24.4 Å². The molecule has 0 fully saturated rings. The Morgan fingerprint density at radius 1 is 1.39 bits per heavy atom. The maximum absolute atomic E-state index is 4.84. The van der Waals surface area contributed by atoms with Gasteiger partial charge in [0.15, 0.2) is 10.8 Å². The highest BCUT2D eigenvalue weighted by Gasteiger charge is 2.23. The molecule has 0 radical (unpaired) electrons. The Kier molecular flexibility index (Phi) is 3.56. The van der Waals surface area contributed by atoms with E-state index in [-0.39, 0.29) is 6.04 Å². The van der Waals surface area contributed by atoms with Crippen LogP contribution in [0.25, 0.3) is 10.7 Å². The lowest BCUT2D eigenvalue weighted by molar-refractivity contribution is 0.422. The number of aryl methyl sites for hydroxylation is 1. The minimum absolute atomic E-state index is 0.280. The van der Waals surface area contributed by atoms with Crippen LogP contribution in [0.2, 0.25) is 0 Å². The van der Waals surface area contributed by atoms with E-state index in [4.69, 9.17) is 4.52 Å². The molecule has 120 valence electrons. The fraction of sp³-hybridized carbons (Fsp3) is 0.500. The number of hydrogen-bond donors (Lipinski definition) is 1. The Bertz CT molecular complexity index is 792. The van der Waals surface area contributed by atoms with E-state index in [9.17, 15) is 0 Å².